The van der Waals surface area contributed by atoms with Gasteiger partial charge in [0.25, 0.3) is 0 Å². The first-order valence-corrected chi connectivity index (χ1v) is 8.76. The molecule has 0 aliphatic heterocycles. The zero-order valence-corrected chi connectivity index (χ0v) is 14.2. The maximum Gasteiger partial charge on any atom is 0.0883 e. The molecule has 0 unspecified atom stereocenters. The van der Waals surface area contributed by atoms with E-state index in [1.807, 2.05) is 36.4 Å². The van der Waals surface area contributed by atoms with Crippen LogP contribution in [0.3, 0.4) is 0 Å². The molecule has 0 saturated carbocycles. The van der Waals surface area contributed by atoms with Crippen molar-refractivity contribution in [3.8, 4) is 5.69 Å². The highest BCUT2D eigenvalue weighted by Gasteiger charge is 2.15. The van der Waals surface area contributed by atoms with Crippen molar-refractivity contribution < 1.29 is 0 Å². The van der Waals surface area contributed by atoms with Crippen molar-refractivity contribution >= 4 is 33.2 Å². The Morgan fingerprint density at radius 2 is 1.19 bits per heavy atom. The Labute approximate surface area is 152 Å². The van der Waals surface area contributed by atoms with Gasteiger partial charge in [-0.25, -0.2) is 5.32 Å². The Kier molecular flexibility index (Phi) is 3.46. The van der Waals surface area contributed by atoms with Crippen molar-refractivity contribution in [1.82, 2.24) is 9.88 Å². The van der Waals surface area contributed by atoms with E-state index in [0.717, 1.165) is 22.6 Å². The molecule has 1 aromatic heterocycles. The number of hydrogen-bond acceptors (Lipinski definition) is 0. The van der Waals surface area contributed by atoms with Gasteiger partial charge in [0.05, 0.1) is 22.4 Å². The lowest BCUT2D eigenvalue weighted by Crippen LogP contribution is -1.97. The highest BCUT2D eigenvalue weighted by Crippen LogP contribution is 2.37. The predicted octanol–water partition coefficient (Wildman–Crippen LogP) is 6.35. The van der Waals surface area contributed by atoms with E-state index in [4.69, 9.17) is 5.32 Å². The first-order chi connectivity index (χ1) is 12.9. The first kappa shape index (κ1) is 14.8. The summed E-state index contributed by atoms with van der Waals surface area (Å²) in [5, 5.41) is 7.40. The number of para-hydroxylation sites is 4. The van der Waals surface area contributed by atoms with Crippen LogP contribution in [0.2, 0.25) is 0 Å². The van der Waals surface area contributed by atoms with Gasteiger partial charge in [-0.3, -0.25) is 0 Å². The fourth-order valence-electron chi connectivity index (χ4n) is 3.58. The third-order valence-electron chi connectivity index (χ3n) is 4.69. The average Bonchev–Trinajstić information content (AvgIpc) is 3.05. The van der Waals surface area contributed by atoms with Gasteiger partial charge < -0.3 is 4.57 Å². The SMILES string of the molecule is c1ccc([N]c2cccc3c4ccccc4n(-c4ccccc4)c23)cc1. The third-order valence-corrected chi connectivity index (χ3v) is 4.69. The van der Waals surface area contributed by atoms with E-state index in [0.29, 0.717) is 0 Å². The van der Waals surface area contributed by atoms with Crippen LogP contribution < -0.4 is 5.32 Å². The van der Waals surface area contributed by atoms with Crippen LogP contribution >= 0.6 is 0 Å². The molecule has 0 N–H and O–H groups in total. The van der Waals surface area contributed by atoms with Crippen LogP contribution in [0.1, 0.15) is 0 Å². The molecule has 0 amide bonds. The maximum absolute atomic E-state index is 4.93. The van der Waals surface area contributed by atoms with E-state index in [1.165, 1.54) is 16.3 Å². The molecule has 0 bridgehead atoms. The van der Waals surface area contributed by atoms with Crippen LogP contribution in [-0.4, -0.2) is 4.57 Å². The summed E-state index contributed by atoms with van der Waals surface area (Å²) in [5.41, 5.74) is 5.43. The molecule has 1 heterocycles. The van der Waals surface area contributed by atoms with Gasteiger partial charge in [-0.05, 0) is 36.4 Å². The zero-order valence-electron chi connectivity index (χ0n) is 14.2. The molecule has 0 atom stereocenters. The van der Waals surface area contributed by atoms with Gasteiger partial charge in [0.2, 0.25) is 0 Å². The molecule has 5 rings (SSSR count). The zero-order chi connectivity index (χ0) is 17.3. The Morgan fingerprint density at radius 3 is 2.00 bits per heavy atom. The number of aromatic nitrogens is 1. The lowest BCUT2D eigenvalue weighted by atomic mass is 10.1. The molecular formula is C24H17N2. The lowest BCUT2D eigenvalue weighted by Gasteiger charge is -2.11. The molecule has 1 radical (unpaired) electrons. The molecule has 0 fully saturated rings. The quantitative estimate of drug-likeness (QED) is 0.366. The van der Waals surface area contributed by atoms with E-state index in [2.05, 4.69) is 71.3 Å². The van der Waals surface area contributed by atoms with Crippen LogP contribution in [0, 0.1) is 0 Å². The molecular weight excluding hydrogens is 316 g/mol. The summed E-state index contributed by atoms with van der Waals surface area (Å²) >= 11 is 0. The van der Waals surface area contributed by atoms with E-state index in [9.17, 15) is 0 Å². The number of fused-ring (bicyclic) bond motifs is 3. The fraction of sp³-hybridized carbons (Fsp3) is 0. The summed E-state index contributed by atoms with van der Waals surface area (Å²) in [4.78, 5) is 0. The monoisotopic (exact) mass is 333 g/mol. The average molecular weight is 333 g/mol. The van der Waals surface area contributed by atoms with Gasteiger partial charge in [-0.15, -0.1) is 0 Å². The van der Waals surface area contributed by atoms with Gasteiger partial charge in [-0.2, -0.15) is 0 Å². The molecule has 0 aliphatic rings. The van der Waals surface area contributed by atoms with Crippen LogP contribution in [-0.2, 0) is 0 Å². The second kappa shape index (κ2) is 6.08. The van der Waals surface area contributed by atoms with Gasteiger partial charge in [0.1, 0.15) is 0 Å². The molecule has 5 aromatic rings. The maximum atomic E-state index is 4.93. The Morgan fingerprint density at radius 1 is 0.538 bits per heavy atom. The third kappa shape index (κ3) is 2.35. The number of hydrogen-bond donors (Lipinski definition) is 0. The molecule has 0 aliphatic carbocycles. The summed E-state index contributed by atoms with van der Waals surface area (Å²) in [6, 6.07) is 35.5. The molecule has 2 heteroatoms. The summed E-state index contributed by atoms with van der Waals surface area (Å²) in [5.74, 6) is 0. The number of rotatable bonds is 3. The van der Waals surface area contributed by atoms with Crippen molar-refractivity contribution in [3.63, 3.8) is 0 Å². The van der Waals surface area contributed by atoms with Crippen LogP contribution in [0.15, 0.2) is 103 Å². The Hall–Kier alpha value is -3.52. The minimum atomic E-state index is 0.963. The molecule has 0 saturated heterocycles. The number of benzene rings is 4. The van der Waals surface area contributed by atoms with Crippen molar-refractivity contribution in [2.75, 3.05) is 0 Å². The molecule has 2 nitrogen and oxygen atoms in total. The molecule has 4 aromatic carbocycles. The summed E-state index contributed by atoms with van der Waals surface area (Å²) in [7, 11) is 0. The lowest BCUT2D eigenvalue weighted by molar-refractivity contribution is 1.14. The van der Waals surface area contributed by atoms with Crippen LogP contribution in [0.4, 0.5) is 11.4 Å². The topological polar surface area (TPSA) is 19.0 Å². The van der Waals surface area contributed by atoms with Crippen molar-refractivity contribution in [1.29, 1.82) is 0 Å². The van der Waals surface area contributed by atoms with Gasteiger partial charge in [-0.1, -0.05) is 66.7 Å². The van der Waals surface area contributed by atoms with Crippen molar-refractivity contribution in [2.45, 2.75) is 0 Å². The summed E-state index contributed by atoms with van der Waals surface area (Å²) in [6.45, 7) is 0. The van der Waals surface area contributed by atoms with Gasteiger partial charge >= 0.3 is 0 Å². The molecule has 123 valence electrons. The van der Waals surface area contributed by atoms with E-state index >= 15 is 0 Å². The summed E-state index contributed by atoms with van der Waals surface area (Å²) < 4.78 is 2.31. The van der Waals surface area contributed by atoms with Crippen LogP contribution in [0.5, 0.6) is 0 Å². The standard InChI is InChI=1S/C24H17N2/c1-3-10-18(11-4-1)25-22-16-9-15-21-20-14-7-8-17-23(20)26(24(21)22)19-12-5-2-6-13-19/h1-17H. The first-order valence-electron chi connectivity index (χ1n) is 8.76. The Balaban J connectivity index is 1.85. The van der Waals surface area contributed by atoms with Crippen molar-refractivity contribution in [3.05, 3.63) is 103 Å². The Bertz CT molecular complexity index is 1190. The van der Waals surface area contributed by atoms with E-state index in [1.54, 1.807) is 0 Å². The summed E-state index contributed by atoms with van der Waals surface area (Å²) in [6.07, 6.45) is 0. The second-order valence-electron chi connectivity index (χ2n) is 6.31. The largest absolute Gasteiger partial charge is 0.307 e. The van der Waals surface area contributed by atoms with E-state index in [-0.39, 0.29) is 0 Å². The smallest absolute Gasteiger partial charge is 0.0883 e. The molecule has 0 spiro atoms. The predicted molar refractivity (Wildman–Crippen MR) is 109 cm³/mol. The van der Waals surface area contributed by atoms with Gasteiger partial charge in [0.15, 0.2) is 0 Å². The highest BCUT2D eigenvalue weighted by molar-refractivity contribution is 6.12. The molecule has 26 heavy (non-hydrogen) atoms. The fourth-order valence-corrected chi connectivity index (χ4v) is 3.58. The van der Waals surface area contributed by atoms with Crippen molar-refractivity contribution in [2.24, 2.45) is 0 Å². The minimum Gasteiger partial charge on any atom is -0.307 e. The van der Waals surface area contributed by atoms with Gasteiger partial charge in [0, 0.05) is 16.5 Å². The van der Waals surface area contributed by atoms with E-state index < -0.39 is 0 Å². The highest BCUT2D eigenvalue weighted by atomic mass is 15.0. The second-order valence-corrected chi connectivity index (χ2v) is 6.31. The minimum absolute atomic E-state index is 0.963. The number of nitrogens with zero attached hydrogens (tertiary/aromatic N) is 2. The van der Waals surface area contributed by atoms with Crippen LogP contribution in [0.25, 0.3) is 27.5 Å². The normalized spacial score (nSPS) is 11.1.